The summed E-state index contributed by atoms with van der Waals surface area (Å²) < 4.78 is 1.83. The van der Waals surface area contributed by atoms with Gasteiger partial charge in [0.05, 0.1) is 18.9 Å². The van der Waals surface area contributed by atoms with E-state index in [4.69, 9.17) is 0 Å². The Balaban J connectivity index is 1.30. The van der Waals surface area contributed by atoms with E-state index in [1.807, 2.05) is 36.7 Å². The van der Waals surface area contributed by atoms with Gasteiger partial charge in [-0.2, -0.15) is 0 Å². The lowest BCUT2D eigenvalue weighted by Gasteiger charge is -2.29. The zero-order chi connectivity index (χ0) is 26.8. The average molecular weight is 515 g/mol. The summed E-state index contributed by atoms with van der Waals surface area (Å²) >= 11 is 0. The van der Waals surface area contributed by atoms with Crippen LogP contribution in [0.5, 0.6) is 0 Å². The SMILES string of the molecule is CC(C)CC(NC(=O)c1ccc(-n2ccnc2)cc1)C(=O)N1CCC2C1C(=O)CN2C(=O)c1ccccn1. The predicted octanol–water partition coefficient (Wildman–Crippen LogP) is 2.11. The normalized spacial score (nSPS) is 19.5. The Labute approximate surface area is 220 Å². The molecule has 1 N–H and O–H groups in total. The lowest BCUT2D eigenvalue weighted by Crippen LogP contribution is -2.53. The van der Waals surface area contributed by atoms with Crippen molar-refractivity contribution in [1.82, 2.24) is 29.7 Å². The molecule has 3 atom stereocenters. The van der Waals surface area contributed by atoms with Crippen LogP contribution in [0.25, 0.3) is 5.69 Å². The number of aromatic nitrogens is 3. The van der Waals surface area contributed by atoms with E-state index in [0.717, 1.165) is 5.69 Å². The van der Waals surface area contributed by atoms with Crippen LogP contribution in [-0.2, 0) is 9.59 Å². The van der Waals surface area contributed by atoms with Gasteiger partial charge < -0.3 is 19.7 Å². The van der Waals surface area contributed by atoms with Gasteiger partial charge in [-0.1, -0.05) is 19.9 Å². The molecule has 2 aliphatic heterocycles. The number of Topliss-reactive ketones (excluding diaryl/α,β-unsaturated/α-hetero) is 1. The maximum atomic E-state index is 13.7. The molecule has 10 nitrogen and oxygen atoms in total. The first-order chi connectivity index (χ1) is 18.3. The highest BCUT2D eigenvalue weighted by atomic mass is 16.2. The zero-order valence-electron chi connectivity index (χ0n) is 21.4. The molecule has 0 aliphatic carbocycles. The summed E-state index contributed by atoms with van der Waals surface area (Å²) in [6.45, 7) is 4.25. The second-order valence-corrected chi connectivity index (χ2v) is 10.1. The molecule has 0 saturated carbocycles. The van der Waals surface area contributed by atoms with Crippen LogP contribution in [0.4, 0.5) is 0 Å². The van der Waals surface area contributed by atoms with E-state index in [0.29, 0.717) is 24.9 Å². The number of amides is 3. The maximum Gasteiger partial charge on any atom is 0.273 e. The monoisotopic (exact) mass is 514 g/mol. The third-order valence-electron chi connectivity index (χ3n) is 7.09. The third kappa shape index (κ3) is 4.93. The molecule has 0 radical (unpaired) electrons. The van der Waals surface area contributed by atoms with Crippen LogP contribution in [-0.4, -0.2) is 79.1 Å². The molecule has 2 fully saturated rings. The van der Waals surface area contributed by atoms with Crippen LogP contribution < -0.4 is 5.32 Å². The number of ketones is 1. The summed E-state index contributed by atoms with van der Waals surface area (Å²) in [5.74, 6) is -1.01. The van der Waals surface area contributed by atoms with Gasteiger partial charge in [0.1, 0.15) is 17.8 Å². The van der Waals surface area contributed by atoms with Crippen molar-refractivity contribution in [2.45, 2.75) is 44.8 Å². The second kappa shape index (κ2) is 10.6. The second-order valence-electron chi connectivity index (χ2n) is 10.1. The standard InChI is InChI=1S/C28H30N6O4/c1-18(2)15-22(31-26(36)19-6-8-20(9-7-19)32-14-12-29-17-32)28(38)33-13-10-23-25(33)24(35)16-34(23)27(37)21-5-3-4-11-30-21/h3-9,11-12,14,17-18,22-23,25H,10,13,15-16H2,1-2H3,(H,31,36). The van der Waals surface area contributed by atoms with Gasteiger partial charge in [-0.05, 0) is 55.2 Å². The Morgan fingerprint density at radius 3 is 2.50 bits per heavy atom. The van der Waals surface area contributed by atoms with Crippen molar-refractivity contribution in [2.24, 2.45) is 5.92 Å². The van der Waals surface area contributed by atoms with Gasteiger partial charge in [0.25, 0.3) is 11.8 Å². The number of imidazole rings is 1. The van der Waals surface area contributed by atoms with Crippen LogP contribution in [0, 0.1) is 5.92 Å². The van der Waals surface area contributed by atoms with Gasteiger partial charge in [0, 0.05) is 36.4 Å². The van der Waals surface area contributed by atoms with Crippen molar-refractivity contribution >= 4 is 23.5 Å². The van der Waals surface area contributed by atoms with Crippen molar-refractivity contribution in [3.05, 3.63) is 78.6 Å². The Morgan fingerprint density at radius 2 is 1.84 bits per heavy atom. The number of nitrogens with one attached hydrogen (secondary N) is 1. The smallest absolute Gasteiger partial charge is 0.273 e. The number of pyridine rings is 1. The Morgan fingerprint density at radius 1 is 1.05 bits per heavy atom. The fourth-order valence-electron chi connectivity index (χ4n) is 5.31. The summed E-state index contributed by atoms with van der Waals surface area (Å²) in [5, 5.41) is 2.90. The minimum Gasteiger partial charge on any atom is -0.340 e. The number of hydrogen-bond donors (Lipinski definition) is 1. The molecule has 2 aromatic heterocycles. The average Bonchev–Trinajstić information content (AvgIpc) is 3.67. The summed E-state index contributed by atoms with van der Waals surface area (Å²) in [5.41, 5.74) is 1.56. The topological polar surface area (TPSA) is 118 Å². The predicted molar refractivity (Wildman–Crippen MR) is 138 cm³/mol. The number of hydrogen-bond acceptors (Lipinski definition) is 6. The van der Waals surface area contributed by atoms with Crippen LogP contribution in [0.1, 0.15) is 47.5 Å². The van der Waals surface area contributed by atoms with Crippen LogP contribution >= 0.6 is 0 Å². The van der Waals surface area contributed by atoms with Gasteiger partial charge >= 0.3 is 0 Å². The molecule has 1 aromatic carbocycles. The lowest BCUT2D eigenvalue weighted by molar-refractivity contribution is -0.138. The highest BCUT2D eigenvalue weighted by molar-refractivity contribution is 6.03. The first-order valence-corrected chi connectivity index (χ1v) is 12.8. The van der Waals surface area contributed by atoms with E-state index in [1.165, 1.54) is 11.1 Å². The first kappa shape index (κ1) is 25.3. The number of benzene rings is 1. The molecule has 4 heterocycles. The number of fused-ring (bicyclic) bond motifs is 1. The van der Waals surface area contributed by atoms with Crippen molar-refractivity contribution in [3.63, 3.8) is 0 Å². The lowest BCUT2D eigenvalue weighted by atomic mass is 10.0. The van der Waals surface area contributed by atoms with E-state index in [-0.39, 0.29) is 41.7 Å². The number of carbonyl (C=O) groups excluding carboxylic acids is 4. The van der Waals surface area contributed by atoms with E-state index in [9.17, 15) is 19.2 Å². The highest BCUT2D eigenvalue weighted by Gasteiger charge is 2.52. The van der Waals surface area contributed by atoms with Crippen molar-refractivity contribution in [1.29, 1.82) is 0 Å². The van der Waals surface area contributed by atoms with Crippen LogP contribution in [0.2, 0.25) is 0 Å². The van der Waals surface area contributed by atoms with Gasteiger partial charge in [-0.25, -0.2) is 4.98 Å². The number of likely N-dealkylation sites (tertiary alicyclic amines) is 2. The molecule has 3 amide bonds. The van der Waals surface area contributed by atoms with Crippen LogP contribution in [0.3, 0.4) is 0 Å². The van der Waals surface area contributed by atoms with E-state index >= 15 is 0 Å². The zero-order valence-corrected chi connectivity index (χ0v) is 21.4. The molecule has 2 saturated heterocycles. The highest BCUT2D eigenvalue weighted by Crippen LogP contribution is 2.31. The fourth-order valence-corrected chi connectivity index (χ4v) is 5.31. The minimum atomic E-state index is -0.789. The van der Waals surface area contributed by atoms with Crippen molar-refractivity contribution < 1.29 is 19.2 Å². The van der Waals surface area contributed by atoms with E-state index in [2.05, 4.69) is 15.3 Å². The molecule has 10 heteroatoms. The fraction of sp³-hybridized carbons (Fsp3) is 0.357. The van der Waals surface area contributed by atoms with Gasteiger partial charge in [-0.3, -0.25) is 24.2 Å². The Kier molecular flexibility index (Phi) is 7.04. The number of rotatable bonds is 7. The van der Waals surface area contributed by atoms with Crippen molar-refractivity contribution in [2.75, 3.05) is 13.1 Å². The van der Waals surface area contributed by atoms with E-state index in [1.54, 1.807) is 47.8 Å². The molecule has 3 aromatic rings. The number of carbonyl (C=O) groups is 4. The molecular weight excluding hydrogens is 484 g/mol. The van der Waals surface area contributed by atoms with Gasteiger partial charge in [0.15, 0.2) is 5.78 Å². The van der Waals surface area contributed by atoms with E-state index < -0.39 is 18.1 Å². The third-order valence-corrected chi connectivity index (χ3v) is 7.09. The molecular formula is C28H30N6O4. The number of nitrogens with zero attached hydrogens (tertiary/aromatic N) is 5. The maximum absolute atomic E-state index is 13.7. The quantitative estimate of drug-likeness (QED) is 0.516. The van der Waals surface area contributed by atoms with Gasteiger partial charge in [0.2, 0.25) is 5.91 Å². The van der Waals surface area contributed by atoms with Crippen LogP contribution in [0.15, 0.2) is 67.4 Å². The summed E-state index contributed by atoms with van der Waals surface area (Å²) in [4.78, 5) is 64.1. The Bertz CT molecular complexity index is 1320. The molecule has 5 rings (SSSR count). The summed E-state index contributed by atoms with van der Waals surface area (Å²) in [6.07, 6.45) is 7.62. The molecule has 196 valence electrons. The molecule has 2 aliphatic rings. The molecule has 0 spiro atoms. The summed E-state index contributed by atoms with van der Waals surface area (Å²) in [6, 6.07) is 10.2. The summed E-state index contributed by atoms with van der Waals surface area (Å²) in [7, 11) is 0. The molecule has 38 heavy (non-hydrogen) atoms. The molecule has 3 unspecified atom stereocenters. The van der Waals surface area contributed by atoms with Crippen molar-refractivity contribution in [3.8, 4) is 5.69 Å². The first-order valence-electron chi connectivity index (χ1n) is 12.8. The van der Waals surface area contributed by atoms with Gasteiger partial charge in [-0.15, -0.1) is 0 Å². The Hall–Kier alpha value is -4.34. The molecule has 0 bridgehead atoms. The minimum absolute atomic E-state index is 0.0566. The largest absolute Gasteiger partial charge is 0.340 e.